The molecule has 0 aliphatic rings. The molecule has 1 aromatic carbocycles. The number of carbonyl (C=O) groups excluding carboxylic acids is 2. The summed E-state index contributed by atoms with van der Waals surface area (Å²) in [5.41, 5.74) is 0.400. The number of halogens is 1. The van der Waals surface area contributed by atoms with Crippen molar-refractivity contribution in [2.24, 2.45) is 5.92 Å². The third-order valence-electron chi connectivity index (χ3n) is 3.21. The van der Waals surface area contributed by atoms with E-state index in [1.54, 1.807) is 24.3 Å². The smallest absolute Gasteiger partial charge is 0.251 e. The summed E-state index contributed by atoms with van der Waals surface area (Å²) in [7, 11) is -3.15. The Labute approximate surface area is 147 Å². The zero-order valence-corrected chi connectivity index (χ0v) is 15.6. The molecule has 0 aromatic heterocycles. The fourth-order valence-corrected chi connectivity index (χ4v) is 2.63. The van der Waals surface area contributed by atoms with Crippen molar-refractivity contribution < 1.29 is 18.0 Å². The molecule has 0 heterocycles. The second-order valence-electron chi connectivity index (χ2n) is 6.08. The molecule has 1 unspecified atom stereocenters. The van der Waals surface area contributed by atoms with Gasteiger partial charge in [0.05, 0.1) is 5.75 Å². The molecule has 2 amide bonds. The van der Waals surface area contributed by atoms with E-state index in [-0.39, 0.29) is 24.1 Å². The Hall–Kier alpha value is -1.60. The minimum absolute atomic E-state index is 0.0169. The van der Waals surface area contributed by atoms with Gasteiger partial charge in [-0.3, -0.25) is 9.59 Å². The Morgan fingerprint density at radius 2 is 1.75 bits per heavy atom. The quantitative estimate of drug-likeness (QED) is 0.723. The molecule has 0 aliphatic carbocycles. The fraction of sp³-hybridized carbons (Fsp3) is 0.500. The van der Waals surface area contributed by atoms with Crippen LogP contribution in [0.4, 0.5) is 0 Å². The highest BCUT2D eigenvalue weighted by Gasteiger charge is 2.22. The molecule has 0 bridgehead atoms. The van der Waals surface area contributed by atoms with Gasteiger partial charge in [-0.25, -0.2) is 8.42 Å². The van der Waals surface area contributed by atoms with Crippen molar-refractivity contribution in [3.63, 3.8) is 0 Å². The molecule has 24 heavy (non-hydrogen) atoms. The number of benzene rings is 1. The van der Waals surface area contributed by atoms with Gasteiger partial charge < -0.3 is 10.6 Å². The van der Waals surface area contributed by atoms with Crippen LogP contribution in [-0.4, -0.2) is 44.8 Å². The standard InChI is InChI=1S/C16H23ClN2O4S/c1-11(2)10-14(16(21)18-8-9-24(3,22)23)19-15(20)12-4-6-13(17)7-5-12/h4-7,11,14H,8-10H2,1-3H3,(H,18,21)(H,19,20). The van der Waals surface area contributed by atoms with Crippen LogP contribution in [0.5, 0.6) is 0 Å². The SMILES string of the molecule is CC(C)CC(NC(=O)c1ccc(Cl)cc1)C(=O)NCCS(C)(=O)=O. The fourth-order valence-electron chi connectivity index (χ4n) is 2.03. The van der Waals surface area contributed by atoms with Gasteiger partial charge in [0, 0.05) is 23.4 Å². The molecule has 6 nitrogen and oxygen atoms in total. The molecule has 1 aromatic rings. The third-order valence-corrected chi connectivity index (χ3v) is 4.41. The van der Waals surface area contributed by atoms with Gasteiger partial charge >= 0.3 is 0 Å². The maximum Gasteiger partial charge on any atom is 0.251 e. The van der Waals surface area contributed by atoms with Crippen molar-refractivity contribution in [3.8, 4) is 0 Å². The van der Waals surface area contributed by atoms with Crippen LogP contribution in [0.1, 0.15) is 30.6 Å². The average Bonchev–Trinajstić information content (AvgIpc) is 2.45. The van der Waals surface area contributed by atoms with E-state index in [2.05, 4.69) is 10.6 Å². The molecular weight excluding hydrogens is 352 g/mol. The highest BCUT2D eigenvalue weighted by atomic mass is 35.5. The first-order valence-electron chi connectivity index (χ1n) is 7.60. The predicted octanol–water partition coefficient (Wildman–Crippen LogP) is 1.65. The van der Waals surface area contributed by atoms with E-state index < -0.39 is 21.8 Å². The average molecular weight is 375 g/mol. The van der Waals surface area contributed by atoms with Gasteiger partial charge in [0.25, 0.3) is 5.91 Å². The Morgan fingerprint density at radius 3 is 2.25 bits per heavy atom. The number of nitrogens with one attached hydrogen (secondary N) is 2. The number of hydrogen-bond acceptors (Lipinski definition) is 4. The highest BCUT2D eigenvalue weighted by Crippen LogP contribution is 2.11. The Balaban J connectivity index is 2.71. The van der Waals surface area contributed by atoms with Gasteiger partial charge in [-0.05, 0) is 36.6 Å². The van der Waals surface area contributed by atoms with E-state index in [0.29, 0.717) is 17.0 Å². The lowest BCUT2D eigenvalue weighted by Crippen LogP contribution is -2.48. The molecule has 0 spiro atoms. The Bertz CT molecular complexity index is 672. The Kier molecular flexibility index (Phi) is 7.69. The summed E-state index contributed by atoms with van der Waals surface area (Å²) < 4.78 is 22.2. The van der Waals surface area contributed by atoms with Crippen molar-refractivity contribution in [2.45, 2.75) is 26.3 Å². The van der Waals surface area contributed by atoms with E-state index in [1.165, 1.54) is 0 Å². The van der Waals surface area contributed by atoms with E-state index in [4.69, 9.17) is 11.6 Å². The highest BCUT2D eigenvalue weighted by molar-refractivity contribution is 7.90. The lowest BCUT2D eigenvalue weighted by atomic mass is 10.0. The lowest BCUT2D eigenvalue weighted by molar-refractivity contribution is -0.123. The summed E-state index contributed by atoms with van der Waals surface area (Å²) in [6.45, 7) is 3.89. The molecule has 2 N–H and O–H groups in total. The lowest BCUT2D eigenvalue weighted by Gasteiger charge is -2.20. The van der Waals surface area contributed by atoms with Gasteiger partial charge in [0.2, 0.25) is 5.91 Å². The molecule has 0 radical (unpaired) electrons. The van der Waals surface area contributed by atoms with Crippen molar-refractivity contribution in [1.29, 1.82) is 0 Å². The predicted molar refractivity (Wildman–Crippen MR) is 94.9 cm³/mol. The molecule has 0 saturated heterocycles. The van der Waals surface area contributed by atoms with E-state index in [9.17, 15) is 18.0 Å². The molecule has 134 valence electrons. The molecule has 8 heteroatoms. The second-order valence-corrected chi connectivity index (χ2v) is 8.78. The number of sulfone groups is 1. The van der Waals surface area contributed by atoms with Crippen LogP contribution < -0.4 is 10.6 Å². The summed E-state index contributed by atoms with van der Waals surface area (Å²) in [6.07, 6.45) is 1.55. The molecular formula is C16H23ClN2O4S. The normalized spacial score (nSPS) is 12.7. The zero-order chi connectivity index (χ0) is 18.3. The maximum atomic E-state index is 12.3. The van der Waals surface area contributed by atoms with Crippen molar-refractivity contribution in [1.82, 2.24) is 10.6 Å². The van der Waals surface area contributed by atoms with Crippen LogP contribution >= 0.6 is 11.6 Å². The van der Waals surface area contributed by atoms with Gasteiger partial charge in [0.1, 0.15) is 15.9 Å². The van der Waals surface area contributed by atoms with Crippen molar-refractivity contribution in [2.75, 3.05) is 18.6 Å². The van der Waals surface area contributed by atoms with Gasteiger partial charge in [-0.15, -0.1) is 0 Å². The van der Waals surface area contributed by atoms with Gasteiger partial charge in [-0.1, -0.05) is 25.4 Å². The summed E-state index contributed by atoms with van der Waals surface area (Å²) >= 11 is 5.79. The first-order valence-corrected chi connectivity index (χ1v) is 10.0. The largest absolute Gasteiger partial charge is 0.353 e. The number of hydrogen-bond donors (Lipinski definition) is 2. The molecule has 0 saturated carbocycles. The summed E-state index contributed by atoms with van der Waals surface area (Å²) in [5, 5.41) is 5.76. The van der Waals surface area contributed by atoms with Crippen LogP contribution in [0.25, 0.3) is 0 Å². The van der Waals surface area contributed by atoms with Gasteiger partial charge in [-0.2, -0.15) is 0 Å². The van der Waals surface area contributed by atoms with E-state index in [0.717, 1.165) is 6.26 Å². The minimum Gasteiger partial charge on any atom is -0.353 e. The minimum atomic E-state index is -3.15. The number of carbonyl (C=O) groups is 2. The first-order chi connectivity index (χ1) is 11.1. The zero-order valence-electron chi connectivity index (χ0n) is 14.0. The molecule has 1 atom stereocenters. The van der Waals surface area contributed by atoms with Crippen LogP contribution in [0.15, 0.2) is 24.3 Å². The molecule has 1 rings (SSSR count). The summed E-state index contributed by atoms with van der Waals surface area (Å²) in [5.74, 6) is -0.732. The van der Waals surface area contributed by atoms with Crippen LogP contribution in [0, 0.1) is 5.92 Å². The second kappa shape index (κ2) is 9.03. The summed E-state index contributed by atoms with van der Waals surface area (Å²) in [6, 6.07) is 5.62. The van der Waals surface area contributed by atoms with Crippen LogP contribution in [-0.2, 0) is 14.6 Å². The van der Waals surface area contributed by atoms with Crippen molar-refractivity contribution in [3.05, 3.63) is 34.9 Å². The Morgan fingerprint density at radius 1 is 1.17 bits per heavy atom. The molecule has 0 aliphatic heterocycles. The molecule has 0 fully saturated rings. The van der Waals surface area contributed by atoms with Crippen LogP contribution in [0.3, 0.4) is 0 Å². The monoisotopic (exact) mass is 374 g/mol. The van der Waals surface area contributed by atoms with E-state index >= 15 is 0 Å². The van der Waals surface area contributed by atoms with Gasteiger partial charge in [0.15, 0.2) is 0 Å². The van der Waals surface area contributed by atoms with Crippen molar-refractivity contribution >= 4 is 33.3 Å². The van der Waals surface area contributed by atoms with E-state index in [1.807, 2.05) is 13.8 Å². The third kappa shape index (κ3) is 7.79. The number of rotatable bonds is 8. The maximum absolute atomic E-state index is 12.3. The first kappa shape index (κ1) is 20.4. The number of amides is 2. The topological polar surface area (TPSA) is 92.3 Å². The summed E-state index contributed by atoms with van der Waals surface area (Å²) in [4.78, 5) is 24.5. The van der Waals surface area contributed by atoms with Crippen LogP contribution in [0.2, 0.25) is 5.02 Å².